The molecule has 0 saturated heterocycles. The fraction of sp³-hybridized carbons (Fsp3) is 0.0536. The van der Waals surface area contributed by atoms with Crippen LogP contribution in [0.15, 0.2) is 219 Å². The van der Waals surface area contributed by atoms with Gasteiger partial charge in [0.1, 0.15) is 24.3 Å². The van der Waals surface area contributed by atoms with E-state index in [9.17, 15) is 0 Å². The molecule has 1 aliphatic rings. The van der Waals surface area contributed by atoms with Gasteiger partial charge >= 0.3 is 0 Å². The quantitative estimate of drug-likeness (QED) is 0.149. The Balaban J connectivity index is 0.972. The molecular weight excluding hydrogens is 759 g/mol. The molecule has 0 spiro atoms. The van der Waals surface area contributed by atoms with Crippen molar-refractivity contribution in [1.82, 2.24) is 9.55 Å². The van der Waals surface area contributed by atoms with Gasteiger partial charge in [0.25, 0.3) is 0 Å². The van der Waals surface area contributed by atoms with Gasteiger partial charge in [-0.2, -0.15) is 0 Å². The molecule has 1 N–H and O–H groups in total. The second kappa shape index (κ2) is 15.8. The first kappa shape index (κ1) is 36.9. The number of hydrogen-bond acceptors (Lipinski definition) is 5. The van der Waals surface area contributed by atoms with Crippen LogP contribution in [0.25, 0.3) is 44.1 Å². The number of para-hydroxylation sites is 4. The number of benzene rings is 8. The molecule has 10 aromatic rings. The van der Waals surface area contributed by atoms with E-state index in [4.69, 9.17) is 4.74 Å². The number of hydrogen-bond donors (Lipinski definition) is 1. The van der Waals surface area contributed by atoms with Crippen molar-refractivity contribution in [3.05, 3.63) is 230 Å². The fourth-order valence-electron chi connectivity index (χ4n) is 8.98. The van der Waals surface area contributed by atoms with Gasteiger partial charge in [0.15, 0.2) is 0 Å². The van der Waals surface area contributed by atoms with Gasteiger partial charge in [0, 0.05) is 57.8 Å². The van der Waals surface area contributed by atoms with E-state index >= 15 is 0 Å². The number of nitrogens with one attached hydrogen (secondary N) is 1. The van der Waals surface area contributed by atoms with Crippen LogP contribution in [0.4, 0.5) is 28.4 Å². The lowest BCUT2D eigenvalue weighted by molar-refractivity contribution is 0.483. The monoisotopic (exact) mass is 801 g/mol. The molecule has 0 aliphatic carbocycles. The first-order valence-corrected chi connectivity index (χ1v) is 21.1. The summed E-state index contributed by atoms with van der Waals surface area (Å²) in [5.41, 5.74) is 14.8. The Morgan fingerprint density at radius 3 is 1.85 bits per heavy atom. The molecule has 0 amide bonds. The molecule has 298 valence electrons. The number of nitrogens with zero attached hydrogens (tertiary/aromatic N) is 4. The van der Waals surface area contributed by atoms with Crippen molar-refractivity contribution in [1.29, 1.82) is 0 Å². The third-order valence-electron chi connectivity index (χ3n) is 11.9. The standard InChI is InChI=1S/C56H43N5O/c1-39-26-28-43(29-27-39)58-56(42-32-34-57-35-33-42)61-51-23-9-8-20-49(51)50-31-30-46(37-54(50)61)62-45-19-12-18-44(36-45)59-38-60(53-25-11-10-24-52(53)59)55-47(40-14-4-2-5-15-40)21-13-22-48(55)41-16-6-3-7-17-41/h2-37,56,58H,38H2,1H3. The largest absolute Gasteiger partial charge is 0.457 e. The van der Waals surface area contributed by atoms with E-state index in [0.29, 0.717) is 6.67 Å². The van der Waals surface area contributed by atoms with Gasteiger partial charge in [-0.3, -0.25) is 4.98 Å². The summed E-state index contributed by atoms with van der Waals surface area (Å²) in [5.74, 6) is 1.52. The van der Waals surface area contributed by atoms with Crippen LogP contribution in [-0.2, 0) is 0 Å². The van der Waals surface area contributed by atoms with Crippen LogP contribution < -0.4 is 19.9 Å². The summed E-state index contributed by atoms with van der Waals surface area (Å²) in [6.07, 6.45) is 3.50. The van der Waals surface area contributed by atoms with Crippen molar-refractivity contribution < 1.29 is 4.74 Å². The lowest BCUT2D eigenvalue weighted by Gasteiger charge is -2.27. The van der Waals surface area contributed by atoms with Gasteiger partial charge in [0.2, 0.25) is 0 Å². The normalized spacial score (nSPS) is 12.7. The maximum atomic E-state index is 6.82. The molecule has 1 unspecified atom stereocenters. The number of fused-ring (bicyclic) bond motifs is 4. The highest BCUT2D eigenvalue weighted by atomic mass is 16.5. The van der Waals surface area contributed by atoms with Gasteiger partial charge in [0.05, 0.1) is 28.1 Å². The molecule has 6 heteroatoms. The first-order chi connectivity index (χ1) is 30.7. The third kappa shape index (κ3) is 6.78. The summed E-state index contributed by atoms with van der Waals surface area (Å²) in [6, 6.07) is 73.0. The molecule has 0 radical (unpaired) electrons. The molecule has 0 bridgehead atoms. The maximum absolute atomic E-state index is 6.82. The minimum absolute atomic E-state index is 0.214. The summed E-state index contributed by atoms with van der Waals surface area (Å²) in [5, 5.41) is 6.19. The van der Waals surface area contributed by atoms with E-state index in [1.54, 1.807) is 0 Å². The lowest BCUT2D eigenvalue weighted by Crippen LogP contribution is -2.24. The maximum Gasteiger partial charge on any atom is 0.130 e. The van der Waals surface area contributed by atoms with Crippen molar-refractivity contribution in [2.75, 3.05) is 21.8 Å². The molecular formula is C56H43N5O. The molecule has 6 nitrogen and oxygen atoms in total. The minimum atomic E-state index is -0.214. The molecule has 1 atom stereocenters. The van der Waals surface area contributed by atoms with E-state index < -0.39 is 0 Å². The zero-order valence-corrected chi connectivity index (χ0v) is 34.3. The Bertz CT molecular complexity index is 3130. The van der Waals surface area contributed by atoms with Gasteiger partial charge in [-0.15, -0.1) is 0 Å². The summed E-state index contributed by atoms with van der Waals surface area (Å²) in [6.45, 7) is 2.74. The Morgan fingerprint density at radius 2 is 1.13 bits per heavy atom. The smallest absolute Gasteiger partial charge is 0.130 e. The van der Waals surface area contributed by atoms with E-state index in [1.807, 2.05) is 18.5 Å². The van der Waals surface area contributed by atoms with Gasteiger partial charge in [-0.25, -0.2) is 0 Å². The Hall–Kier alpha value is -8.09. The van der Waals surface area contributed by atoms with Crippen molar-refractivity contribution in [2.24, 2.45) is 0 Å². The van der Waals surface area contributed by atoms with Crippen molar-refractivity contribution >= 4 is 50.2 Å². The highest BCUT2D eigenvalue weighted by molar-refractivity contribution is 6.09. The Labute approximate surface area is 361 Å². The Kier molecular flexibility index (Phi) is 9.43. The molecule has 0 saturated carbocycles. The number of anilines is 5. The van der Waals surface area contributed by atoms with Gasteiger partial charge in [-0.05, 0) is 90.3 Å². The zero-order valence-electron chi connectivity index (χ0n) is 34.3. The molecule has 8 aromatic carbocycles. The van der Waals surface area contributed by atoms with Crippen LogP contribution in [0, 0.1) is 6.92 Å². The molecule has 3 heterocycles. The van der Waals surface area contributed by atoms with Crippen molar-refractivity contribution in [3.8, 4) is 33.8 Å². The van der Waals surface area contributed by atoms with E-state index in [-0.39, 0.29) is 6.17 Å². The van der Waals surface area contributed by atoms with Gasteiger partial charge in [-0.1, -0.05) is 133 Å². The highest BCUT2D eigenvalue weighted by Gasteiger charge is 2.31. The summed E-state index contributed by atoms with van der Waals surface area (Å²) in [7, 11) is 0. The molecule has 1 aliphatic heterocycles. The van der Waals surface area contributed by atoms with Gasteiger partial charge < -0.3 is 24.4 Å². The fourth-order valence-corrected chi connectivity index (χ4v) is 8.98. The lowest BCUT2D eigenvalue weighted by atomic mass is 9.95. The van der Waals surface area contributed by atoms with Crippen LogP contribution >= 0.6 is 0 Å². The number of rotatable bonds is 10. The predicted octanol–water partition coefficient (Wildman–Crippen LogP) is 14.5. The number of aryl methyl sites for hydroxylation is 1. The summed E-state index contributed by atoms with van der Waals surface area (Å²) >= 11 is 0. The predicted molar refractivity (Wildman–Crippen MR) is 256 cm³/mol. The molecule has 2 aromatic heterocycles. The van der Waals surface area contributed by atoms with Crippen molar-refractivity contribution in [2.45, 2.75) is 13.1 Å². The average molecular weight is 802 g/mol. The van der Waals surface area contributed by atoms with Crippen LogP contribution in [0.2, 0.25) is 0 Å². The average Bonchev–Trinajstić information content (AvgIpc) is 3.88. The second-order valence-electron chi connectivity index (χ2n) is 15.8. The molecule has 0 fully saturated rings. The number of aromatic nitrogens is 2. The second-order valence-corrected chi connectivity index (χ2v) is 15.8. The third-order valence-corrected chi connectivity index (χ3v) is 11.9. The topological polar surface area (TPSA) is 45.6 Å². The SMILES string of the molecule is Cc1ccc(NC(c2ccncc2)n2c3ccccc3c3ccc(Oc4cccc(N5CN(c6c(-c7ccccc7)cccc6-c6ccccc6)c6ccccc65)c4)cc32)cc1. The van der Waals surface area contributed by atoms with Crippen LogP contribution in [0.3, 0.4) is 0 Å². The van der Waals surface area contributed by atoms with E-state index in [0.717, 1.165) is 56.2 Å². The van der Waals surface area contributed by atoms with Crippen LogP contribution in [0.5, 0.6) is 11.5 Å². The molecule has 62 heavy (non-hydrogen) atoms. The Morgan fingerprint density at radius 1 is 0.516 bits per heavy atom. The number of pyridine rings is 1. The van der Waals surface area contributed by atoms with Crippen molar-refractivity contribution in [3.63, 3.8) is 0 Å². The summed E-state index contributed by atoms with van der Waals surface area (Å²) in [4.78, 5) is 9.20. The number of ether oxygens (including phenoxy) is 1. The van der Waals surface area contributed by atoms with Crippen LogP contribution in [0.1, 0.15) is 17.3 Å². The summed E-state index contributed by atoms with van der Waals surface area (Å²) < 4.78 is 9.21. The highest BCUT2D eigenvalue weighted by Crippen LogP contribution is 2.50. The first-order valence-electron chi connectivity index (χ1n) is 21.1. The van der Waals surface area contributed by atoms with Crippen LogP contribution in [-0.4, -0.2) is 16.2 Å². The van der Waals surface area contributed by atoms with E-state index in [2.05, 4.69) is 232 Å². The molecule has 11 rings (SSSR count). The minimum Gasteiger partial charge on any atom is -0.457 e. The van der Waals surface area contributed by atoms with E-state index in [1.165, 1.54) is 38.9 Å². The zero-order chi connectivity index (χ0) is 41.4.